The van der Waals surface area contributed by atoms with Crippen LogP contribution in [0.4, 0.5) is 0 Å². The van der Waals surface area contributed by atoms with Gasteiger partial charge in [-0.2, -0.15) is 0 Å². The van der Waals surface area contributed by atoms with Crippen molar-refractivity contribution in [3.05, 3.63) is 59.7 Å². The molecule has 0 aliphatic rings. The van der Waals surface area contributed by atoms with Crippen LogP contribution in [0.25, 0.3) is 11.1 Å². The lowest BCUT2D eigenvalue weighted by Crippen LogP contribution is -1.94. The van der Waals surface area contributed by atoms with Gasteiger partial charge in [0.2, 0.25) is 0 Å². The maximum atomic E-state index is 10.7. The van der Waals surface area contributed by atoms with Crippen molar-refractivity contribution in [2.24, 2.45) is 0 Å². The molecule has 86 valence electrons. The van der Waals surface area contributed by atoms with E-state index in [1.807, 2.05) is 30.3 Å². The number of carboxylic acids is 1. The molecule has 0 aromatic heterocycles. The second-order valence-corrected chi connectivity index (χ2v) is 4.28. The molecule has 0 aliphatic heterocycles. The van der Waals surface area contributed by atoms with E-state index in [1.54, 1.807) is 12.1 Å². The molecule has 2 aromatic carbocycles. The summed E-state index contributed by atoms with van der Waals surface area (Å²) in [6, 6.07) is 15.1. The van der Waals surface area contributed by atoms with Gasteiger partial charge in [-0.3, -0.25) is 0 Å². The SMILES string of the molecule is O=C(O)c1ccc(-c2cccc(CBr)c2)cc1. The predicted molar refractivity (Wildman–Crippen MR) is 71.5 cm³/mol. The van der Waals surface area contributed by atoms with Crippen molar-refractivity contribution in [3.8, 4) is 11.1 Å². The van der Waals surface area contributed by atoms with Gasteiger partial charge in [-0.1, -0.05) is 52.3 Å². The maximum Gasteiger partial charge on any atom is 0.335 e. The van der Waals surface area contributed by atoms with Crippen LogP contribution >= 0.6 is 15.9 Å². The zero-order chi connectivity index (χ0) is 12.3. The van der Waals surface area contributed by atoms with Crippen LogP contribution in [0.5, 0.6) is 0 Å². The molecule has 0 saturated heterocycles. The van der Waals surface area contributed by atoms with Crippen LogP contribution in [0.3, 0.4) is 0 Å². The van der Waals surface area contributed by atoms with Gasteiger partial charge in [0.05, 0.1) is 5.56 Å². The highest BCUT2D eigenvalue weighted by atomic mass is 79.9. The van der Waals surface area contributed by atoms with Gasteiger partial charge in [0.25, 0.3) is 0 Å². The normalized spacial score (nSPS) is 10.2. The molecular formula is C14H11BrO2. The Bertz CT molecular complexity index is 532. The summed E-state index contributed by atoms with van der Waals surface area (Å²) in [7, 11) is 0. The van der Waals surface area contributed by atoms with Crippen LogP contribution in [0.1, 0.15) is 15.9 Å². The Morgan fingerprint density at radius 3 is 2.35 bits per heavy atom. The zero-order valence-electron chi connectivity index (χ0n) is 9.06. The first-order valence-electron chi connectivity index (χ1n) is 5.19. The lowest BCUT2D eigenvalue weighted by Gasteiger charge is -2.04. The minimum atomic E-state index is -0.897. The fraction of sp³-hybridized carbons (Fsp3) is 0.0714. The second-order valence-electron chi connectivity index (χ2n) is 3.72. The number of rotatable bonds is 3. The fourth-order valence-corrected chi connectivity index (χ4v) is 1.99. The van der Waals surface area contributed by atoms with Crippen LogP contribution in [-0.4, -0.2) is 11.1 Å². The summed E-state index contributed by atoms with van der Waals surface area (Å²) in [5, 5.41) is 9.64. The van der Waals surface area contributed by atoms with Gasteiger partial charge in [0.1, 0.15) is 0 Å². The quantitative estimate of drug-likeness (QED) is 0.869. The molecule has 0 amide bonds. The van der Waals surface area contributed by atoms with Crippen LogP contribution in [0.2, 0.25) is 0 Å². The van der Waals surface area contributed by atoms with Crippen molar-refractivity contribution in [3.63, 3.8) is 0 Å². The molecule has 2 nitrogen and oxygen atoms in total. The molecule has 0 radical (unpaired) electrons. The van der Waals surface area contributed by atoms with Crippen molar-refractivity contribution in [2.75, 3.05) is 0 Å². The summed E-state index contributed by atoms with van der Waals surface area (Å²) in [6.07, 6.45) is 0. The number of alkyl halides is 1. The van der Waals surface area contributed by atoms with E-state index in [2.05, 4.69) is 22.0 Å². The summed E-state index contributed by atoms with van der Waals surface area (Å²) in [5.41, 5.74) is 3.63. The van der Waals surface area contributed by atoms with Crippen molar-refractivity contribution in [2.45, 2.75) is 5.33 Å². The van der Waals surface area contributed by atoms with Gasteiger partial charge in [0, 0.05) is 5.33 Å². The molecule has 0 atom stereocenters. The van der Waals surface area contributed by atoms with Gasteiger partial charge >= 0.3 is 5.97 Å². The molecule has 2 rings (SSSR count). The topological polar surface area (TPSA) is 37.3 Å². The van der Waals surface area contributed by atoms with E-state index in [-0.39, 0.29) is 0 Å². The molecule has 2 aromatic rings. The third-order valence-corrected chi connectivity index (χ3v) is 3.19. The summed E-state index contributed by atoms with van der Waals surface area (Å²) in [4.78, 5) is 10.7. The maximum absolute atomic E-state index is 10.7. The Kier molecular flexibility index (Phi) is 3.59. The van der Waals surface area contributed by atoms with Crippen LogP contribution in [-0.2, 0) is 5.33 Å². The largest absolute Gasteiger partial charge is 0.478 e. The minimum absolute atomic E-state index is 0.311. The van der Waals surface area contributed by atoms with Crippen molar-refractivity contribution in [1.82, 2.24) is 0 Å². The van der Waals surface area contributed by atoms with E-state index in [4.69, 9.17) is 5.11 Å². The van der Waals surface area contributed by atoms with E-state index in [0.29, 0.717) is 5.56 Å². The molecule has 3 heteroatoms. The highest BCUT2D eigenvalue weighted by Gasteiger charge is 2.03. The van der Waals surface area contributed by atoms with E-state index in [1.165, 1.54) is 5.56 Å². The molecule has 0 fully saturated rings. The van der Waals surface area contributed by atoms with Gasteiger partial charge < -0.3 is 5.11 Å². The van der Waals surface area contributed by atoms with Crippen molar-refractivity contribution >= 4 is 21.9 Å². The Morgan fingerprint density at radius 1 is 1.06 bits per heavy atom. The number of hydrogen-bond donors (Lipinski definition) is 1. The minimum Gasteiger partial charge on any atom is -0.478 e. The number of aromatic carboxylic acids is 1. The molecule has 17 heavy (non-hydrogen) atoms. The number of hydrogen-bond acceptors (Lipinski definition) is 1. The van der Waals surface area contributed by atoms with E-state index in [0.717, 1.165) is 16.5 Å². The molecule has 0 spiro atoms. The lowest BCUT2D eigenvalue weighted by molar-refractivity contribution is 0.0697. The molecule has 0 saturated carbocycles. The first-order chi connectivity index (χ1) is 8.20. The average molecular weight is 291 g/mol. The third-order valence-electron chi connectivity index (χ3n) is 2.55. The Labute approximate surface area is 108 Å². The summed E-state index contributed by atoms with van der Waals surface area (Å²) >= 11 is 3.42. The third kappa shape index (κ3) is 2.74. The second kappa shape index (κ2) is 5.15. The van der Waals surface area contributed by atoms with Gasteiger partial charge in [-0.15, -0.1) is 0 Å². The number of carbonyl (C=O) groups is 1. The Balaban J connectivity index is 2.36. The van der Waals surface area contributed by atoms with E-state index >= 15 is 0 Å². The summed E-state index contributed by atoms with van der Waals surface area (Å²) in [5.74, 6) is -0.897. The molecule has 0 aliphatic carbocycles. The molecule has 0 heterocycles. The monoisotopic (exact) mass is 290 g/mol. The average Bonchev–Trinajstić information content (AvgIpc) is 2.39. The van der Waals surface area contributed by atoms with Crippen LogP contribution in [0.15, 0.2) is 48.5 Å². The summed E-state index contributed by atoms with van der Waals surface area (Å²) < 4.78 is 0. The number of benzene rings is 2. The van der Waals surface area contributed by atoms with Gasteiger partial charge in [0.15, 0.2) is 0 Å². The van der Waals surface area contributed by atoms with Gasteiger partial charge in [-0.25, -0.2) is 4.79 Å². The fourth-order valence-electron chi connectivity index (χ4n) is 1.64. The van der Waals surface area contributed by atoms with Crippen LogP contribution in [0, 0.1) is 0 Å². The van der Waals surface area contributed by atoms with Crippen molar-refractivity contribution in [1.29, 1.82) is 0 Å². The van der Waals surface area contributed by atoms with Gasteiger partial charge in [-0.05, 0) is 28.8 Å². The first-order valence-corrected chi connectivity index (χ1v) is 6.31. The van der Waals surface area contributed by atoms with Crippen LogP contribution < -0.4 is 0 Å². The molecular weight excluding hydrogens is 280 g/mol. The molecule has 0 bridgehead atoms. The highest BCUT2D eigenvalue weighted by Crippen LogP contribution is 2.21. The number of halogens is 1. The van der Waals surface area contributed by atoms with E-state index in [9.17, 15) is 4.79 Å². The lowest BCUT2D eigenvalue weighted by atomic mass is 10.0. The highest BCUT2D eigenvalue weighted by molar-refractivity contribution is 9.08. The smallest absolute Gasteiger partial charge is 0.335 e. The van der Waals surface area contributed by atoms with E-state index < -0.39 is 5.97 Å². The Hall–Kier alpha value is -1.61. The predicted octanol–water partition coefficient (Wildman–Crippen LogP) is 3.95. The molecule has 1 N–H and O–H groups in total. The Morgan fingerprint density at radius 2 is 1.76 bits per heavy atom. The zero-order valence-corrected chi connectivity index (χ0v) is 10.6. The summed E-state index contributed by atoms with van der Waals surface area (Å²) in [6.45, 7) is 0. The molecule has 0 unspecified atom stereocenters. The first kappa shape index (κ1) is 11.9. The van der Waals surface area contributed by atoms with Crippen molar-refractivity contribution < 1.29 is 9.90 Å². The standard InChI is InChI=1S/C14H11BrO2/c15-9-10-2-1-3-13(8-10)11-4-6-12(7-5-11)14(16)17/h1-8H,9H2,(H,16,17). The number of carboxylic acid groups (broad SMARTS) is 1.